The van der Waals surface area contributed by atoms with E-state index in [9.17, 15) is 14.4 Å². The number of amides is 2. The fourth-order valence-electron chi connectivity index (χ4n) is 4.96. The zero-order valence-electron chi connectivity index (χ0n) is 22.4. The molecule has 4 aromatic rings. The molecule has 9 heteroatoms. The van der Waals surface area contributed by atoms with Crippen LogP contribution in [0.4, 0.5) is 11.4 Å². The number of ketones is 1. The van der Waals surface area contributed by atoms with E-state index in [4.69, 9.17) is 0 Å². The normalized spacial score (nSPS) is 13.8. The Balaban J connectivity index is 1.29. The van der Waals surface area contributed by atoms with Crippen molar-refractivity contribution in [3.63, 3.8) is 0 Å². The molecule has 2 amide bonds. The van der Waals surface area contributed by atoms with Crippen molar-refractivity contribution < 1.29 is 14.4 Å². The molecule has 0 atom stereocenters. The quantitative estimate of drug-likeness (QED) is 0.289. The zero-order valence-corrected chi connectivity index (χ0v) is 22.4. The summed E-state index contributed by atoms with van der Waals surface area (Å²) in [4.78, 5) is 51.6. The first-order valence-corrected chi connectivity index (χ1v) is 13.2. The maximum Gasteiger partial charge on any atom is 0.257 e. The molecule has 39 heavy (non-hydrogen) atoms. The number of H-pyrrole nitrogens is 1. The Hall–Kier alpha value is -4.37. The van der Waals surface area contributed by atoms with Gasteiger partial charge in [-0.15, -0.1) is 0 Å². The summed E-state index contributed by atoms with van der Waals surface area (Å²) in [6, 6.07) is 11.1. The third kappa shape index (κ3) is 6.04. The average molecular weight is 525 g/mol. The molecule has 0 spiro atoms. The summed E-state index contributed by atoms with van der Waals surface area (Å²) in [5.74, 6) is -0.386. The summed E-state index contributed by atoms with van der Waals surface area (Å²) in [6.07, 6.45) is 6.57. The summed E-state index contributed by atoms with van der Waals surface area (Å²) in [5.41, 5.74) is 6.13. The van der Waals surface area contributed by atoms with Gasteiger partial charge in [0.15, 0.2) is 5.78 Å². The van der Waals surface area contributed by atoms with Gasteiger partial charge in [0.2, 0.25) is 5.91 Å². The SMILES string of the molecule is CC(=O)c1ccc(-c2cc3cc(C(=O)Nc4cc(NC(=O)CN5CCCCC5)cnc4C)cnc3[nH]2)cc1C. The maximum absolute atomic E-state index is 13.1. The Morgan fingerprint density at radius 1 is 0.949 bits per heavy atom. The summed E-state index contributed by atoms with van der Waals surface area (Å²) in [6.45, 7) is 7.49. The average Bonchev–Trinajstić information content (AvgIpc) is 3.34. The van der Waals surface area contributed by atoms with Crippen molar-refractivity contribution in [2.45, 2.75) is 40.0 Å². The van der Waals surface area contributed by atoms with Crippen LogP contribution in [-0.2, 0) is 4.79 Å². The number of benzene rings is 1. The Labute approximate surface area is 227 Å². The highest BCUT2D eigenvalue weighted by Crippen LogP contribution is 2.26. The van der Waals surface area contributed by atoms with Crippen LogP contribution in [0.2, 0.25) is 0 Å². The van der Waals surface area contributed by atoms with Crippen molar-refractivity contribution in [1.29, 1.82) is 0 Å². The number of hydrogen-bond acceptors (Lipinski definition) is 6. The number of aromatic nitrogens is 3. The molecular weight excluding hydrogens is 492 g/mol. The molecule has 9 nitrogen and oxygen atoms in total. The minimum absolute atomic E-state index is 0.0313. The van der Waals surface area contributed by atoms with Crippen LogP contribution in [-0.4, -0.2) is 57.1 Å². The highest BCUT2D eigenvalue weighted by Gasteiger charge is 2.16. The minimum Gasteiger partial charge on any atom is -0.339 e. The minimum atomic E-state index is -0.324. The number of Topliss-reactive ketones (excluding diaryl/α,β-unsaturated/α-hetero) is 1. The van der Waals surface area contributed by atoms with E-state index in [0.717, 1.165) is 48.1 Å². The second-order valence-electron chi connectivity index (χ2n) is 10.1. The Morgan fingerprint density at radius 3 is 2.49 bits per heavy atom. The van der Waals surface area contributed by atoms with E-state index in [1.54, 1.807) is 32.2 Å². The Morgan fingerprint density at radius 2 is 1.74 bits per heavy atom. The Bertz CT molecular complexity index is 1570. The molecule has 0 radical (unpaired) electrons. The third-order valence-electron chi connectivity index (χ3n) is 7.08. The van der Waals surface area contributed by atoms with Gasteiger partial charge in [-0.05, 0) is 82.1 Å². The lowest BCUT2D eigenvalue weighted by atomic mass is 10.0. The number of anilines is 2. The number of aromatic amines is 1. The molecule has 5 rings (SSSR count). The number of carbonyl (C=O) groups excluding carboxylic acids is 3. The number of fused-ring (bicyclic) bond motifs is 1. The van der Waals surface area contributed by atoms with Crippen molar-refractivity contribution in [3.8, 4) is 11.3 Å². The van der Waals surface area contributed by atoms with Crippen molar-refractivity contribution in [2.75, 3.05) is 30.3 Å². The van der Waals surface area contributed by atoms with E-state index >= 15 is 0 Å². The molecule has 1 aromatic carbocycles. The topological polar surface area (TPSA) is 120 Å². The van der Waals surface area contributed by atoms with Gasteiger partial charge in [0, 0.05) is 22.8 Å². The second-order valence-corrected chi connectivity index (χ2v) is 10.1. The highest BCUT2D eigenvalue weighted by molar-refractivity contribution is 6.06. The molecule has 4 heterocycles. The lowest BCUT2D eigenvalue weighted by molar-refractivity contribution is -0.117. The van der Waals surface area contributed by atoms with Gasteiger partial charge in [-0.1, -0.05) is 18.6 Å². The number of carbonyl (C=O) groups is 3. The van der Waals surface area contributed by atoms with Crippen LogP contribution in [0.5, 0.6) is 0 Å². The number of rotatable bonds is 7. The first-order chi connectivity index (χ1) is 18.8. The molecule has 3 N–H and O–H groups in total. The van der Waals surface area contributed by atoms with E-state index in [0.29, 0.717) is 40.4 Å². The molecule has 0 aliphatic carbocycles. The summed E-state index contributed by atoms with van der Waals surface area (Å²) in [5, 5.41) is 6.59. The fourth-order valence-corrected chi connectivity index (χ4v) is 4.96. The largest absolute Gasteiger partial charge is 0.339 e. The van der Waals surface area contributed by atoms with E-state index in [2.05, 4.69) is 30.5 Å². The lowest BCUT2D eigenvalue weighted by Crippen LogP contribution is -2.36. The summed E-state index contributed by atoms with van der Waals surface area (Å²) < 4.78 is 0. The van der Waals surface area contributed by atoms with Crippen LogP contribution >= 0.6 is 0 Å². The highest BCUT2D eigenvalue weighted by atomic mass is 16.2. The number of pyridine rings is 2. The molecule has 1 aliphatic heterocycles. The van der Waals surface area contributed by atoms with Crippen LogP contribution in [0.1, 0.15) is 58.2 Å². The van der Waals surface area contributed by atoms with Crippen LogP contribution in [0.3, 0.4) is 0 Å². The van der Waals surface area contributed by atoms with Crippen LogP contribution in [0, 0.1) is 13.8 Å². The number of piperidine rings is 1. The molecule has 0 unspecified atom stereocenters. The van der Waals surface area contributed by atoms with Gasteiger partial charge in [0.05, 0.1) is 35.4 Å². The van der Waals surface area contributed by atoms with Crippen LogP contribution in [0.15, 0.2) is 48.8 Å². The van der Waals surface area contributed by atoms with Crippen LogP contribution in [0.25, 0.3) is 22.3 Å². The number of nitrogens with zero attached hydrogens (tertiary/aromatic N) is 3. The number of aryl methyl sites for hydroxylation is 2. The van der Waals surface area contributed by atoms with Gasteiger partial charge in [0.1, 0.15) is 5.65 Å². The Kier molecular flexibility index (Phi) is 7.51. The summed E-state index contributed by atoms with van der Waals surface area (Å²) in [7, 11) is 0. The van der Waals surface area contributed by atoms with E-state index in [-0.39, 0.29) is 17.6 Å². The van der Waals surface area contributed by atoms with Crippen molar-refractivity contribution in [2.24, 2.45) is 0 Å². The lowest BCUT2D eigenvalue weighted by Gasteiger charge is -2.25. The first kappa shape index (κ1) is 26.2. The predicted octanol–water partition coefficient (Wildman–Crippen LogP) is 5.12. The third-order valence-corrected chi connectivity index (χ3v) is 7.08. The fraction of sp³-hybridized carbons (Fsp3) is 0.300. The molecular formula is C30H32N6O3. The van der Waals surface area contributed by atoms with Gasteiger partial charge in [-0.25, -0.2) is 4.98 Å². The summed E-state index contributed by atoms with van der Waals surface area (Å²) >= 11 is 0. The molecule has 0 bridgehead atoms. The van der Waals surface area contributed by atoms with Crippen molar-refractivity contribution in [1.82, 2.24) is 19.9 Å². The van der Waals surface area contributed by atoms with Gasteiger partial charge < -0.3 is 15.6 Å². The van der Waals surface area contributed by atoms with E-state index < -0.39 is 0 Å². The molecule has 1 aliphatic rings. The molecule has 1 saturated heterocycles. The van der Waals surface area contributed by atoms with Crippen molar-refractivity contribution >= 4 is 40.0 Å². The zero-order chi connectivity index (χ0) is 27.5. The van der Waals surface area contributed by atoms with Crippen molar-refractivity contribution in [3.05, 3.63) is 71.2 Å². The number of nitrogens with one attached hydrogen (secondary N) is 3. The maximum atomic E-state index is 13.1. The molecule has 1 fully saturated rings. The first-order valence-electron chi connectivity index (χ1n) is 13.2. The monoisotopic (exact) mass is 524 g/mol. The molecule has 200 valence electrons. The number of hydrogen-bond donors (Lipinski definition) is 3. The van der Waals surface area contributed by atoms with E-state index in [1.807, 2.05) is 31.2 Å². The molecule has 0 saturated carbocycles. The second kappa shape index (κ2) is 11.2. The van der Waals surface area contributed by atoms with Gasteiger partial charge >= 0.3 is 0 Å². The predicted molar refractivity (Wildman–Crippen MR) is 152 cm³/mol. The standard InChI is InChI=1S/C30H32N6O3/c1-18-11-21(7-8-25(18)20(3)37)27-13-22-12-23(15-32-29(22)34-27)30(39)35-26-14-24(16-31-19(26)2)33-28(38)17-36-9-5-4-6-10-36/h7-8,11-16H,4-6,9-10,17H2,1-3H3,(H,32,34)(H,33,38)(H,35,39). The van der Waals surface area contributed by atoms with E-state index in [1.165, 1.54) is 12.6 Å². The van der Waals surface area contributed by atoms with Gasteiger partial charge in [-0.2, -0.15) is 0 Å². The van der Waals surface area contributed by atoms with Crippen LogP contribution < -0.4 is 10.6 Å². The molecule has 3 aromatic heterocycles. The van der Waals surface area contributed by atoms with Gasteiger partial charge in [-0.3, -0.25) is 24.3 Å². The van der Waals surface area contributed by atoms with Gasteiger partial charge in [0.25, 0.3) is 5.91 Å². The smallest absolute Gasteiger partial charge is 0.257 e. The number of likely N-dealkylation sites (tertiary alicyclic amines) is 1.